The lowest BCUT2D eigenvalue weighted by Gasteiger charge is -2.45. The van der Waals surface area contributed by atoms with Crippen molar-refractivity contribution >= 4 is 0 Å². The maximum atomic E-state index is 5.85. The zero-order valence-corrected chi connectivity index (χ0v) is 11.6. The van der Waals surface area contributed by atoms with Crippen molar-refractivity contribution in [3.8, 4) is 0 Å². The van der Waals surface area contributed by atoms with Crippen molar-refractivity contribution < 1.29 is 0 Å². The first-order valence-corrected chi connectivity index (χ1v) is 7.42. The first-order chi connectivity index (χ1) is 8.24. The molecule has 0 aromatic carbocycles. The van der Waals surface area contributed by atoms with Gasteiger partial charge < -0.3 is 10.6 Å². The average molecular weight is 239 g/mol. The van der Waals surface area contributed by atoms with Gasteiger partial charge in [0.25, 0.3) is 0 Å². The van der Waals surface area contributed by atoms with E-state index in [2.05, 4.69) is 23.6 Å². The Labute approximate surface area is 106 Å². The molecule has 3 heteroatoms. The fraction of sp³-hybridized carbons (Fsp3) is 1.00. The van der Waals surface area contributed by atoms with E-state index in [4.69, 9.17) is 5.73 Å². The van der Waals surface area contributed by atoms with Crippen molar-refractivity contribution in [2.24, 2.45) is 11.7 Å². The Kier molecular flexibility index (Phi) is 4.83. The molecule has 0 spiro atoms. The Morgan fingerprint density at radius 2 is 1.82 bits per heavy atom. The lowest BCUT2D eigenvalue weighted by atomic mass is 9.90. The number of hydrogen-bond donors (Lipinski definition) is 1. The van der Waals surface area contributed by atoms with Crippen LogP contribution in [-0.2, 0) is 0 Å². The largest absolute Gasteiger partial charge is 0.330 e. The number of nitrogens with zero attached hydrogens (tertiary/aromatic N) is 2. The predicted molar refractivity (Wildman–Crippen MR) is 73.1 cm³/mol. The molecule has 0 saturated carbocycles. The summed E-state index contributed by atoms with van der Waals surface area (Å²) in [5.41, 5.74) is 5.85. The Bertz CT molecular complexity index is 224. The molecule has 0 aliphatic carbocycles. The van der Waals surface area contributed by atoms with E-state index in [1.807, 2.05) is 0 Å². The standard InChI is InChI=1S/C14H29N3/c1-3-16-8-6-14(7-9-16)17-11-13(10-15)5-4-12(17)2/h12-14H,3-11,15H2,1-2H3. The van der Waals surface area contributed by atoms with Crippen LogP contribution in [0.1, 0.15) is 39.5 Å². The molecule has 17 heavy (non-hydrogen) atoms. The molecular weight excluding hydrogens is 210 g/mol. The molecule has 2 fully saturated rings. The van der Waals surface area contributed by atoms with Crippen molar-refractivity contribution in [3.63, 3.8) is 0 Å². The molecule has 2 heterocycles. The first kappa shape index (κ1) is 13.3. The first-order valence-electron chi connectivity index (χ1n) is 7.42. The molecule has 2 aliphatic rings. The number of piperidine rings is 2. The molecule has 0 radical (unpaired) electrons. The second-order valence-corrected chi connectivity index (χ2v) is 5.89. The van der Waals surface area contributed by atoms with Crippen LogP contribution in [0.3, 0.4) is 0 Å². The Hall–Kier alpha value is -0.120. The van der Waals surface area contributed by atoms with Gasteiger partial charge in [0.05, 0.1) is 0 Å². The van der Waals surface area contributed by atoms with Crippen LogP contribution in [-0.4, -0.2) is 54.6 Å². The van der Waals surface area contributed by atoms with Gasteiger partial charge in [-0.3, -0.25) is 4.90 Å². The molecule has 100 valence electrons. The van der Waals surface area contributed by atoms with Crippen molar-refractivity contribution in [1.29, 1.82) is 0 Å². The molecule has 2 N–H and O–H groups in total. The smallest absolute Gasteiger partial charge is 0.0122 e. The van der Waals surface area contributed by atoms with Crippen LogP contribution in [0.15, 0.2) is 0 Å². The van der Waals surface area contributed by atoms with Crippen molar-refractivity contribution in [3.05, 3.63) is 0 Å². The summed E-state index contributed by atoms with van der Waals surface area (Å²) in [5.74, 6) is 0.746. The summed E-state index contributed by atoms with van der Waals surface area (Å²) in [6, 6.07) is 1.60. The second kappa shape index (κ2) is 6.17. The van der Waals surface area contributed by atoms with Gasteiger partial charge >= 0.3 is 0 Å². The van der Waals surface area contributed by atoms with Gasteiger partial charge in [-0.05, 0) is 64.7 Å². The van der Waals surface area contributed by atoms with Gasteiger partial charge in [-0.15, -0.1) is 0 Å². The number of hydrogen-bond acceptors (Lipinski definition) is 3. The van der Waals surface area contributed by atoms with E-state index in [1.165, 1.54) is 51.9 Å². The summed E-state index contributed by atoms with van der Waals surface area (Å²) in [6.45, 7) is 10.6. The molecule has 2 saturated heterocycles. The summed E-state index contributed by atoms with van der Waals surface area (Å²) >= 11 is 0. The van der Waals surface area contributed by atoms with Crippen molar-refractivity contribution in [2.75, 3.05) is 32.7 Å². The van der Waals surface area contributed by atoms with Gasteiger partial charge in [0.2, 0.25) is 0 Å². The van der Waals surface area contributed by atoms with Crippen LogP contribution >= 0.6 is 0 Å². The number of nitrogens with two attached hydrogens (primary N) is 1. The maximum Gasteiger partial charge on any atom is 0.0122 e. The van der Waals surface area contributed by atoms with Crippen LogP contribution < -0.4 is 5.73 Å². The molecule has 0 amide bonds. The molecule has 2 unspecified atom stereocenters. The highest BCUT2D eigenvalue weighted by molar-refractivity contribution is 4.87. The van der Waals surface area contributed by atoms with Crippen molar-refractivity contribution in [1.82, 2.24) is 9.80 Å². The van der Waals surface area contributed by atoms with Crippen LogP contribution in [0.25, 0.3) is 0 Å². The van der Waals surface area contributed by atoms with Gasteiger partial charge in [-0.2, -0.15) is 0 Å². The van der Waals surface area contributed by atoms with Gasteiger partial charge in [-0.25, -0.2) is 0 Å². The average Bonchev–Trinajstić information content (AvgIpc) is 2.39. The van der Waals surface area contributed by atoms with E-state index in [0.29, 0.717) is 0 Å². The third kappa shape index (κ3) is 3.21. The summed E-state index contributed by atoms with van der Waals surface area (Å²) in [4.78, 5) is 5.33. The zero-order valence-electron chi connectivity index (χ0n) is 11.6. The third-order valence-corrected chi connectivity index (χ3v) is 4.83. The van der Waals surface area contributed by atoms with E-state index in [9.17, 15) is 0 Å². The topological polar surface area (TPSA) is 32.5 Å². The lowest BCUT2D eigenvalue weighted by molar-refractivity contribution is 0.0383. The van der Waals surface area contributed by atoms with Gasteiger partial charge in [-0.1, -0.05) is 6.92 Å². The van der Waals surface area contributed by atoms with Crippen LogP contribution in [0.2, 0.25) is 0 Å². The minimum absolute atomic E-state index is 0.746. The van der Waals surface area contributed by atoms with E-state index in [-0.39, 0.29) is 0 Å². The SMILES string of the molecule is CCN1CCC(N2CC(CN)CCC2C)CC1. The van der Waals surface area contributed by atoms with E-state index >= 15 is 0 Å². The van der Waals surface area contributed by atoms with Crippen LogP contribution in [0.5, 0.6) is 0 Å². The Morgan fingerprint density at radius 3 is 2.41 bits per heavy atom. The highest BCUT2D eigenvalue weighted by Crippen LogP contribution is 2.27. The lowest BCUT2D eigenvalue weighted by Crippen LogP contribution is -2.52. The quantitative estimate of drug-likeness (QED) is 0.811. The zero-order chi connectivity index (χ0) is 12.3. The summed E-state index contributed by atoms with van der Waals surface area (Å²) < 4.78 is 0. The summed E-state index contributed by atoms with van der Waals surface area (Å²) in [5, 5.41) is 0. The third-order valence-electron chi connectivity index (χ3n) is 4.83. The number of likely N-dealkylation sites (tertiary alicyclic amines) is 2. The van der Waals surface area contributed by atoms with E-state index < -0.39 is 0 Å². The predicted octanol–water partition coefficient (Wildman–Crippen LogP) is 1.53. The monoisotopic (exact) mass is 239 g/mol. The van der Waals surface area contributed by atoms with E-state index in [1.54, 1.807) is 0 Å². The molecule has 2 aliphatic heterocycles. The summed E-state index contributed by atoms with van der Waals surface area (Å²) in [7, 11) is 0. The minimum atomic E-state index is 0.746. The highest BCUT2D eigenvalue weighted by Gasteiger charge is 2.31. The molecule has 2 rings (SSSR count). The fourth-order valence-electron chi connectivity index (χ4n) is 3.48. The fourth-order valence-corrected chi connectivity index (χ4v) is 3.48. The number of rotatable bonds is 3. The van der Waals surface area contributed by atoms with Gasteiger partial charge in [0.1, 0.15) is 0 Å². The van der Waals surface area contributed by atoms with E-state index in [0.717, 1.165) is 24.5 Å². The van der Waals surface area contributed by atoms with Gasteiger partial charge in [0, 0.05) is 18.6 Å². The minimum Gasteiger partial charge on any atom is -0.330 e. The Morgan fingerprint density at radius 1 is 1.12 bits per heavy atom. The van der Waals surface area contributed by atoms with Crippen molar-refractivity contribution in [2.45, 2.75) is 51.6 Å². The molecular formula is C14H29N3. The highest BCUT2D eigenvalue weighted by atomic mass is 15.2. The van der Waals surface area contributed by atoms with Crippen LogP contribution in [0.4, 0.5) is 0 Å². The molecule has 3 nitrogen and oxygen atoms in total. The van der Waals surface area contributed by atoms with Crippen LogP contribution in [0, 0.1) is 5.92 Å². The molecule has 0 aromatic heterocycles. The Balaban J connectivity index is 1.87. The summed E-state index contributed by atoms with van der Waals surface area (Å²) in [6.07, 6.45) is 5.39. The molecule has 0 bridgehead atoms. The van der Waals surface area contributed by atoms with Gasteiger partial charge in [0.15, 0.2) is 0 Å². The second-order valence-electron chi connectivity index (χ2n) is 5.89. The molecule has 0 aromatic rings. The molecule has 2 atom stereocenters. The normalized spacial score (nSPS) is 34.1. The maximum absolute atomic E-state index is 5.85.